The number of nitrogens with zero attached hydrogens (tertiary/aromatic N) is 2. The molecule has 0 bridgehead atoms. The van der Waals surface area contributed by atoms with Crippen molar-refractivity contribution in [2.24, 2.45) is 0 Å². The summed E-state index contributed by atoms with van der Waals surface area (Å²) in [6.07, 6.45) is 1.54. The van der Waals surface area contributed by atoms with E-state index in [1.807, 2.05) is 19.1 Å². The molecule has 2 N–H and O–H groups in total. The smallest absolute Gasteiger partial charge is 0.286 e. The van der Waals surface area contributed by atoms with Gasteiger partial charge in [-0.25, -0.2) is 4.68 Å². The van der Waals surface area contributed by atoms with Gasteiger partial charge in [-0.3, -0.25) is 9.59 Å². The third-order valence-corrected chi connectivity index (χ3v) is 3.80. The van der Waals surface area contributed by atoms with E-state index in [4.69, 9.17) is 16.0 Å². The molecule has 0 aliphatic heterocycles. The monoisotopic (exact) mass is 372 g/mol. The van der Waals surface area contributed by atoms with Crippen LogP contribution in [0.4, 0.5) is 5.82 Å². The van der Waals surface area contributed by atoms with Crippen LogP contribution in [0.2, 0.25) is 5.02 Å². The number of hydrogen-bond acceptors (Lipinski definition) is 4. The van der Waals surface area contributed by atoms with Gasteiger partial charge in [0, 0.05) is 24.1 Å². The van der Waals surface area contributed by atoms with E-state index >= 15 is 0 Å². The number of nitrogens with one attached hydrogen (secondary N) is 2. The molecule has 8 heteroatoms. The average molecular weight is 373 g/mol. The summed E-state index contributed by atoms with van der Waals surface area (Å²) in [5.41, 5.74) is 1.55. The van der Waals surface area contributed by atoms with Gasteiger partial charge in [-0.1, -0.05) is 11.6 Å². The Balaban J connectivity index is 1.59. The van der Waals surface area contributed by atoms with Crippen molar-refractivity contribution in [3.63, 3.8) is 0 Å². The van der Waals surface area contributed by atoms with Gasteiger partial charge in [0.1, 0.15) is 5.82 Å². The van der Waals surface area contributed by atoms with Gasteiger partial charge < -0.3 is 15.1 Å². The summed E-state index contributed by atoms with van der Waals surface area (Å²) in [6.45, 7) is 2.03. The average Bonchev–Trinajstić information content (AvgIpc) is 3.25. The summed E-state index contributed by atoms with van der Waals surface area (Å²) in [5.74, 6) is 0.166. The predicted molar refractivity (Wildman–Crippen MR) is 97.6 cm³/mol. The van der Waals surface area contributed by atoms with Crippen molar-refractivity contribution >= 4 is 29.2 Å². The van der Waals surface area contributed by atoms with E-state index in [1.165, 1.54) is 6.26 Å². The molecule has 0 unspecified atom stereocenters. The molecule has 3 rings (SSSR count). The first-order chi connectivity index (χ1) is 12.5. The number of carbonyl (C=O) groups is 2. The van der Waals surface area contributed by atoms with Gasteiger partial charge in [-0.05, 0) is 43.3 Å². The number of anilines is 1. The first kappa shape index (κ1) is 17.8. The lowest BCUT2D eigenvalue weighted by Crippen LogP contribution is -2.27. The van der Waals surface area contributed by atoms with Gasteiger partial charge >= 0.3 is 0 Å². The van der Waals surface area contributed by atoms with Crippen molar-refractivity contribution in [2.45, 2.75) is 13.3 Å². The fourth-order valence-electron chi connectivity index (χ4n) is 2.36. The quantitative estimate of drug-likeness (QED) is 0.695. The highest BCUT2D eigenvalue weighted by atomic mass is 35.5. The van der Waals surface area contributed by atoms with Crippen molar-refractivity contribution in [2.75, 3.05) is 11.9 Å². The number of amides is 2. The molecule has 134 valence electrons. The number of aromatic nitrogens is 2. The van der Waals surface area contributed by atoms with Gasteiger partial charge in [-0.2, -0.15) is 5.10 Å². The molecule has 0 aliphatic carbocycles. The highest BCUT2D eigenvalue weighted by molar-refractivity contribution is 6.30. The van der Waals surface area contributed by atoms with Crippen LogP contribution >= 0.6 is 11.6 Å². The van der Waals surface area contributed by atoms with E-state index in [1.54, 1.807) is 35.0 Å². The third kappa shape index (κ3) is 4.31. The molecule has 2 heterocycles. The van der Waals surface area contributed by atoms with Crippen molar-refractivity contribution in [1.82, 2.24) is 15.1 Å². The standard InChI is InChI=1S/C18H17ClN4O3/c1-12-11-16(23(22-12)14-6-4-13(19)5-7-14)21-17(24)8-9-20-18(25)15-3-2-10-26-15/h2-7,10-11H,8-9H2,1H3,(H,20,25)(H,21,24). The van der Waals surface area contributed by atoms with E-state index < -0.39 is 0 Å². The normalized spacial score (nSPS) is 10.5. The van der Waals surface area contributed by atoms with Crippen LogP contribution in [-0.2, 0) is 4.79 Å². The highest BCUT2D eigenvalue weighted by Crippen LogP contribution is 2.19. The second-order valence-corrected chi connectivity index (χ2v) is 6.03. The molecule has 0 radical (unpaired) electrons. The van der Waals surface area contributed by atoms with Gasteiger partial charge in [-0.15, -0.1) is 0 Å². The second kappa shape index (κ2) is 7.88. The summed E-state index contributed by atoms with van der Waals surface area (Å²) in [7, 11) is 0. The number of benzene rings is 1. The zero-order valence-corrected chi connectivity index (χ0v) is 14.8. The largest absolute Gasteiger partial charge is 0.459 e. The van der Waals surface area contributed by atoms with Crippen LogP contribution < -0.4 is 10.6 Å². The molecule has 0 saturated carbocycles. The Morgan fingerprint density at radius 1 is 1.23 bits per heavy atom. The molecular formula is C18H17ClN4O3. The Labute approximate surface area is 154 Å². The van der Waals surface area contributed by atoms with Gasteiger partial charge in [0.2, 0.25) is 5.91 Å². The van der Waals surface area contributed by atoms with Crippen molar-refractivity contribution in [3.8, 4) is 5.69 Å². The van der Waals surface area contributed by atoms with E-state index in [9.17, 15) is 9.59 Å². The minimum Gasteiger partial charge on any atom is -0.459 e. The van der Waals surface area contributed by atoms with Crippen LogP contribution in [0.3, 0.4) is 0 Å². The minimum absolute atomic E-state index is 0.122. The Morgan fingerprint density at radius 3 is 2.69 bits per heavy atom. The summed E-state index contributed by atoms with van der Waals surface area (Å²) in [6, 6.07) is 12.1. The fraction of sp³-hybridized carbons (Fsp3) is 0.167. The van der Waals surface area contributed by atoms with Crippen molar-refractivity contribution in [3.05, 3.63) is 65.2 Å². The lowest BCUT2D eigenvalue weighted by Gasteiger charge is -2.09. The molecule has 0 spiro atoms. The molecule has 2 aromatic heterocycles. The Hall–Kier alpha value is -3.06. The van der Waals surface area contributed by atoms with E-state index in [0.29, 0.717) is 10.8 Å². The number of halogens is 1. The lowest BCUT2D eigenvalue weighted by atomic mass is 10.3. The fourth-order valence-corrected chi connectivity index (χ4v) is 2.48. The zero-order valence-electron chi connectivity index (χ0n) is 14.0. The minimum atomic E-state index is -0.357. The number of rotatable bonds is 6. The zero-order chi connectivity index (χ0) is 18.5. The summed E-state index contributed by atoms with van der Waals surface area (Å²) in [4.78, 5) is 23.9. The SMILES string of the molecule is Cc1cc(NC(=O)CCNC(=O)c2ccco2)n(-c2ccc(Cl)cc2)n1. The van der Waals surface area contributed by atoms with E-state index in [0.717, 1.165) is 11.4 Å². The van der Waals surface area contributed by atoms with Crippen LogP contribution in [0, 0.1) is 6.92 Å². The maximum absolute atomic E-state index is 12.2. The van der Waals surface area contributed by atoms with E-state index in [2.05, 4.69) is 15.7 Å². The van der Waals surface area contributed by atoms with Gasteiger partial charge in [0.05, 0.1) is 17.6 Å². The highest BCUT2D eigenvalue weighted by Gasteiger charge is 2.12. The van der Waals surface area contributed by atoms with Gasteiger partial charge in [0.15, 0.2) is 5.76 Å². The Bertz CT molecular complexity index is 901. The third-order valence-electron chi connectivity index (χ3n) is 3.55. The summed E-state index contributed by atoms with van der Waals surface area (Å²) < 4.78 is 6.62. The molecule has 1 aromatic carbocycles. The van der Waals surface area contributed by atoms with Crippen LogP contribution in [-0.4, -0.2) is 28.1 Å². The Kier molecular flexibility index (Phi) is 5.38. The molecular weight excluding hydrogens is 356 g/mol. The first-order valence-electron chi connectivity index (χ1n) is 7.97. The van der Waals surface area contributed by atoms with Crippen LogP contribution in [0.1, 0.15) is 22.7 Å². The maximum Gasteiger partial charge on any atom is 0.286 e. The summed E-state index contributed by atoms with van der Waals surface area (Å²) in [5, 5.41) is 10.4. The number of aryl methyl sites for hydroxylation is 1. The molecule has 26 heavy (non-hydrogen) atoms. The predicted octanol–water partition coefficient (Wildman–Crippen LogP) is 3.19. The molecule has 2 amide bonds. The first-order valence-corrected chi connectivity index (χ1v) is 8.35. The lowest BCUT2D eigenvalue weighted by molar-refractivity contribution is -0.116. The van der Waals surface area contributed by atoms with Crippen LogP contribution in [0.5, 0.6) is 0 Å². The topological polar surface area (TPSA) is 89.2 Å². The summed E-state index contributed by atoms with van der Waals surface area (Å²) >= 11 is 5.91. The molecule has 7 nitrogen and oxygen atoms in total. The number of furan rings is 1. The molecule has 0 saturated heterocycles. The molecule has 3 aromatic rings. The van der Waals surface area contributed by atoms with Gasteiger partial charge in [0.25, 0.3) is 5.91 Å². The number of hydrogen-bond donors (Lipinski definition) is 2. The van der Waals surface area contributed by atoms with Crippen LogP contribution in [0.15, 0.2) is 53.1 Å². The Morgan fingerprint density at radius 2 is 2.00 bits per heavy atom. The maximum atomic E-state index is 12.2. The number of carbonyl (C=O) groups excluding carboxylic acids is 2. The molecule has 0 atom stereocenters. The second-order valence-electron chi connectivity index (χ2n) is 5.59. The molecule has 0 fully saturated rings. The van der Waals surface area contributed by atoms with Crippen molar-refractivity contribution < 1.29 is 14.0 Å². The molecule has 0 aliphatic rings. The van der Waals surface area contributed by atoms with Crippen molar-refractivity contribution in [1.29, 1.82) is 0 Å². The van der Waals surface area contributed by atoms with Crippen LogP contribution in [0.25, 0.3) is 5.69 Å². The van der Waals surface area contributed by atoms with E-state index in [-0.39, 0.29) is 30.5 Å².